The Morgan fingerprint density at radius 2 is 1.80 bits per heavy atom. The van der Waals surface area contributed by atoms with Crippen molar-refractivity contribution >= 4 is 15.9 Å². The molecule has 0 atom stereocenters. The van der Waals surface area contributed by atoms with Crippen LogP contribution in [0.5, 0.6) is 0 Å². The van der Waals surface area contributed by atoms with Crippen LogP contribution in [0.1, 0.15) is 22.3 Å². The van der Waals surface area contributed by atoms with Crippen molar-refractivity contribution in [2.75, 3.05) is 32.4 Å². The first-order valence-electron chi connectivity index (χ1n) is 8.21. The molecule has 0 N–H and O–H groups in total. The molecule has 0 radical (unpaired) electrons. The number of hydrogen-bond acceptors (Lipinski definition) is 4. The van der Waals surface area contributed by atoms with Gasteiger partial charge in [-0.1, -0.05) is 0 Å². The van der Waals surface area contributed by atoms with Crippen LogP contribution in [0.25, 0.3) is 5.69 Å². The Morgan fingerprint density at radius 3 is 2.40 bits per heavy atom. The van der Waals surface area contributed by atoms with Gasteiger partial charge >= 0.3 is 0 Å². The van der Waals surface area contributed by atoms with Crippen molar-refractivity contribution in [3.05, 3.63) is 47.8 Å². The van der Waals surface area contributed by atoms with E-state index in [1.165, 1.54) is 10.6 Å². The van der Waals surface area contributed by atoms with Crippen molar-refractivity contribution in [1.82, 2.24) is 19.0 Å². The number of hydrogen-bond donors (Lipinski definition) is 0. The Hall–Kier alpha value is -2.19. The number of aromatic nitrogens is 2. The third-order valence-electron chi connectivity index (χ3n) is 4.30. The fraction of sp³-hybridized carbons (Fsp3) is 0.412. The number of nitrogens with zero attached hydrogens (tertiary/aromatic N) is 4. The van der Waals surface area contributed by atoms with Gasteiger partial charge in [-0.05, 0) is 43.2 Å². The van der Waals surface area contributed by atoms with Crippen LogP contribution in [0.2, 0.25) is 0 Å². The van der Waals surface area contributed by atoms with Crippen LogP contribution in [0.15, 0.2) is 36.7 Å². The Balaban J connectivity index is 1.70. The van der Waals surface area contributed by atoms with Gasteiger partial charge in [0.05, 0.1) is 18.1 Å². The number of rotatable bonds is 3. The van der Waals surface area contributed by atoms with Gasteiger partial charge < -0.3 is 4.90 Å². The van der Waals surface area contributed by atoms with E-state index < -0.39 is 10.0 Å². The third-order valence-corrected chi connectivity index (χ3v) is 5.60. The molecule has 1 saturated heterocycles. The average molecular weight is 362 g/mol. The zero-order chi connectivity index (χ0) is 18.0. The summed E-state index contributed by atoms with van der Waals surface area (Å²) in [4.78, 5) is 14.4. The number of carbonyl (C=O) groups is 1. The van der Waals surface area contributed by atoms with Crippen molar-refractivity contribution < 1.29 is 13.2 Å². The summed E-state index contributed by atoms with van der Waals surface area (Å²) in [5.74, 6) is -0.0708. The summed E-state index contributed by atoms with van der Waals surface area (Å²) in [7, 11) is -3.21. The minimum absolute atomic E-state index is 0.0708. The molecule has 0 unspecified atom stereocenters. The predicted octanol–water partition coefficient (Wildman–Crippen LogP) is 1.29. The minimum Gasteiger partial charge on any atom is -0.337 e. The Kier molecular flexibility index (Phi) is 4.91. The van der Waals surface area contributed by atoms with E-state index in [9.17, 15) is 13.2 Å². The van der Waals surface area contributed by atoms with Gasteiger partial charge in [-0.15, -0.1) is 0 Å². The monoisotopic (exact) mass is 362 g/mol. The molecule has 0 bridgehead atoms. The molecule has 7 nitrogen and oxygen atoms in total. The lowest BCUT2D eigenvalue weighted by molar-refractivity contribution is 0.0764. The van der Waals surface area contributed by atoms with Gasteiger partial charge in [-0.3, -0.25) is 4.79 Å². The maximum absolute atomic E-state index is 12.7. The number of amides is 1. The summed E-state index contributed by atoms with van der Waals surface area (Å²) in [6, 6.07) is 7.29. The number of benzene rings is 1. The molecule has 25 heavy (non-hydrogen) atoms. The smallest absolute Gasteiger partial charge is 0.253 e. The number of sulfonamides is 1. The molecule has 1 aromatic carbocycles. The summed E-state index contributed by atoms with van der Waals surface area (Å²) in [6.45, 7) is 3.74. The Morgan fingerprint density at radius 1 is 1.08 bits per heavy atom. The lowest BCUT2D eigenvalue weighted by atomic mass is 10.1. The summed E-state index contributed by atoms with van der Waals surface area (Å²) in [5, 5.41) is 4.25. The van der Waals surface area contributed by atoms with Crippen molar-refractivity contribution in [3.8, 4) is 5.69 Å². The first kappa shape index (κ1) is 17.6. The van der Waals surface area contributed by atoms with Crippen LogP contribution in [-0.2, 0) is 10.0 Å². The average Bonchev–Trinajstić information content (AvgIpc) is 2.85. The van der Waals surface area contributed by atoms with Crippen LogP contribution < -0.4 is 0 Å². The highest BCUT2D eigenvalue weighted by atomic mass is 32.2. The zero-order valence-electron chi connectivity index (χ0n) is 14.4. The van der Waals surface area contributed by atoms with E-state index in [4.69, 9.17) is 0 Å². The second kappa shape index (κ2) is 6.97. The van der Waals surface area contributed by atoms with Gasteiger partial charge in [0.15, 0.2) is 0 Å². The standard InChI is InChI=1S/C17H22N4O3S/c1-14-12-18-21(13-14)16-6-4-15(5-7-16)17(22)19-8-3-9-20(11-10-19)25(2,23)24/h4-7,12-13H,3,8-11H2,1-2H3. The molecule has 1 fully saturated rings. The summed E-state index contributed by atoms with van der Waals surface area (Å²) < 4.78 is 26.5. The number of carbonyl (C=O) groups excluding carboxylic acids is 1. The highest BCUT2D eigenvalue weighted by molar-refractivity contribution is 7.88. The maximum atomic E-state index is 12.7. The first-order valence-corrected chi connectivity index (χ1v) is 10.1. The van der Waals surface area contributed by atoms with E-state index in [2.05, 4.69) is 5.10 Å². The van der Waals surface area contributed by atoms with Crippen molar-refractivity contribution in [1.29, 1.82) is 0 Å². The topological polar surface area (TPSA) is 75.5 Å². The van der Waals surface area contributed by atoms with E-state index in [0.29, 0.717) is 38.2 Å². The van der Waals surface area contributed by atoms with Crippen LogP contribution >= 0.6 is 0 Å². The SMILES string of the molecule is Cc1cnn(-c2ccc(C(=O)N3CCCN(S(C)(=O)=O)CC3)cc2)c1. The van der Waals surface area contributed by atoms with Gasteiger partial charge in [0.25, 0.3) is 5.91 Å². The highest BCUT2D eigenvalue weighted by Gasteiger charge is 2.24. The number of aryl methyl sites for hydroxylation is 1. The molecule has 0 aliphatic carbocycles. The molecule has 2 heterocycles. The van der Waals surface area contributed by atoms with Gasteiger partial charge in [0.1, 0.15) is 0 Å². The normalized spacial score (nSPS) is 16.6. The largest absolute Gasteiger partial charge is 0.337 e. The molecule has 3 rings (SSSR count). The van der Waals surface area contributed by atoms with Gasteiger partial charge in [-0.2, -0.15) is 5.10 Å². The van der Waals surface area contributed by atoms with Crippen molar-refractivity contribution in [2.45, 2.75) is 13.3 Å². The fourth-order valence-corrected chi connectivity index (χ4v) is 3.80. The molecule has 0 saturated carbocycles. The lowest BCUT2D eigenvalue weighted by Crippen LogP contribution is -2.36. The minimum atomic E-state index is -3.21. The molecular formula is C17H22N4O3S. The van der Waals surface area contributed by atoms with E-state index in [1.54, 1.807) is 27.9 Å². The fourth-order valence-electron chi connectivity index (χ4n) is 2.92. The van der Waals surface area contributed by atoms with E-state index in [-0.39, 0.29) is 5.91 Å². The summed E-state index contributed by atoms with van der Waals surface area (Å²) in [6.07, 6.45) is 5.55. The molecule has 0 spiro atoms. The first-order chi connectivity index (χ1) is 11.8. The lowest BCUT2D eigenvalue weighted by Gasteiger charge is -2.21. The predicted molar refractivity (Wildman–Crippen MR) is 95.2 cm³/mol. The molecule has 2 aromatic rings. The summed E-state index contributed by atoms with van der Waals surface area (Å²) >= 11 is 0. The maximum Gasteiger partial charge on any atom is 0.253 e. The van der Waals surface area contributed by atoms with Crippen LogP contribution in [-0.4, -0.2) is 65.7 Å². The molecule has 1 aliphatic rings. The molecule has 134 valence electrons. The van der Waals surface area contributed by atoms with Gasteiger partial charge in [0, 0.05) is 37.9 Å². The van der Waals surface area contributed by atoms with Gasteiger partial charge in [0.2, 0.25) is 10.0 Å². The quantitative estimate of drug-likeness (QED) is 0.824. The third kappa shape index (κ3) is 4.08. The Bertz CT molecular complexity index is 858. The molecular weight excluding hydrogens is 340 g/mol. The molecule has 1 aliphatic heterocycles. The second-order valence-corrected chi connectivity index (χ2v) is 8.30. The second-order valence-electron chi connectivity index (χ2n) is 6.32. The van der Waals surface area contributed by atoms with Crippen LogP contribution in [0.3, 0.4) is 0 Å². The van der Waals surface area contributed by atoms with E-state index >= 15 is 0 Å². The van der Waals surface area contributed by atoms with Gasteiger partial charge in [-0.25, -0.2) is 17.4 Å². The molecule has 8 heteroatoms. The zero-order valence-corrected chi connectivity index (χ0v) is 15.2. The van der Waals surface area contributed by atoms with Crippen LogP contribution in [0.4, 0.5) is 0 Å². The summed E-state index contributed by atoms with van der Waals surface area (Å²) in [5.41, 5.74) is 2.56. The highest BCUT2D eigenvalue weighted by Crippen LogP contribution is 2.14. The molecule has 1 amide bonds. The van der Waals surface area contributed by atoms with Crippen molar-refractivity contribution in [3.63, 3.8) is 0 Å². The molecule has 1 aromatic heterocycles. The van der Waals surface area contributed by atoms with E-state index in [0.717, 1.165) is 11.3 Å². The van der Waals surface area contributed by atoms with Crippen molar-refractivity contribution in [2.24, 2.45) is 0 Å². The van der Waals surface area contributed by atoms with Crippen LogP contribution in [0, 0.1) is 6.92 Å². The van der Waals surface area contributed by atoms with E-state index in [1.807, 2.05) is 25.3 Å². The Labute approximate surface area is 147 Å².